The Balaban J connectivity index is 3.15. The maximum absolute atomic E-state index is 11.0. The molecule has 0 fully saturated rings. The minimum absolute atomic E-state index is 0.118. The Morgan fingerprint density at radius 2 is 2.00 bits per heavy atom. The highest BCUT2D eigenvalue weighted by Crippen LogP contribution is 2.15. The molecule has 1 rings (SSSR count). The number of nitrogens with two attached hydrogens (primary N) is 1. The van der Waals surface area contributed by atoms with E-state index in [2.05, 4.69) is 0 Å². The number of rotatable bonds is 3. The van der Waals surface area contributed by atoms with Gasteiger partial charge in [-0.15, -0.1) is 0 Å². The summed E-state index contributed by atoms with van der Waals surface area (Å²) in [7, 11) is -3.64. The summed E-state index contributed by atoms with van der Waals surface area (Å²) in [6, 6.07) is 4.73. The van der Waals surface area contributed by atoms with E-state index in [0.29, 0.717) is 12.0 Å². The second-order valence-electron chi connectivity index (χ2n) is 3.10. The van der Waals surface area contributed by atoms with Crippen molar-refractivity contribution in [3.63, 3.8) is 0 Å². The summed E-state index contributed by atoms with van der Waals surface area (Å²) in [6.07, 6.45) is 0.408. The number of benzene rings is 1. The van der Waals surface area contributed by atoms with E-state index in [0.717, 1.165) is 5.56 Å². The molecule has 0 bridgehead atoms. The van der Waals surface area contributed by atoms with Gasteiger partial charge in [0.2, 0.25) is 10.0 Å². The normalized spacial score (nSPS) is 11.6. The zero-order valence-electron chi connectivity index (χ0n) is 7.86. The molecule has 0 aliphatic carbocycles. The summed E-state index contributed by atoms with van der Waals surface area (Å²) in [5.41, 5.74) is 1.42. The van der Waals surface area contributed by atoms with Gasteiger partial charge in [-0.25, -0.2) is 18.7 Å². The van der Waals surface area contributed by atoms with Gasteiger partial charge >= 0.3 is 0 Å². The maximum atomic E-state index is 11.0. The van der Waals surface area contributed by atoms with E-state index in [1.807, 2.05) is 0 Å². The average molecular weight is 214 g/mol. The van der Waals surface area contributed by atoms with Crippen LogP contribution in [0.4, 0.5) is 0 Å². The van der Waals surface area contributed by atoms with Crippen LogP contribution in [0.25, 0.3) is 0 Å². The van der Waals surface area contributed by atoms with Crippen LogP contribution in [0.2, 0.25) is 0 Å². The van der Waals surface area contributed by atoms with Crippen LogP contribution in [-0.4, -0.2) is 15.0 Å². The summed E-state index contributed by atoms with van der Waals surface area (Å²) in [4.78, 5) is 0.118. The minimum Gasteiger partial charge on any atom is -0.236 e. The SMILES string of the molecule is Cc1cc(CC[O])ccc1S(N)(=O)=O. The fourth-order valence-corrected chi connectivity index (χ4v) is 2.07. The van der Waals surface area contributed by atoms with Crippen molar-refractivity contribution in [2.24, 2.45) is 5.14 Å². The highest BCUT2D eigenvalue weighted by Gasteiger charge is 2.10. The first-order valence-corrected chi connectivity index (χ1v) is 5.70. The Morgan fingerprint density at radius 1 is 1.36 bits per heavy atom. The van der Waals surface area contributed by atoms with Crippen LogP contribution >= 0.6 is 0 Å². The van der Waals surface area contributed by atoms with E-state index >= 15 is 0 Å². The third kappa shape index (κ3) is 2.54. The average Bonchev–Trinajstić information content (AvgIpc) is 2.02. The molecule has 0 saturated carbocycles. The van der Waals surface area contributed by atoms with Gasteiger partial charge in [-0.3, -0.25) is 0 Å². The van der Waals surface area contributed by atoms with Crippen molar-refractivity contribution in [2.75, 3.05) is 6.61 Å². The highest BCUT2D eigenvalue weighted by molar-refractivity contribution is 7.89. The van der Waals surface area contributed by atoms with Crippen molar-refractivity contribution in [1.82, 2.24) is 0 Å². The summed E-state index contributed by atoms with van der Waals surface area (Å²) in [6.45, 7) is 1.46. The van der Waals surface area contributed by atoms with Crippen LogP contribution in [0.3, 0.4) is 0 Å². The Labute approximate surface area is 83.4 Å². The van der Waals surface area contributed by atoms with E-state index in [-0.39, 0.29) is 11.5 Å². The zero-order valence-corrected chi connectivity index (χ0v) is 8.67. The quantitative estimate of drug-likeness (QED) is 0.800. The van der Waals surface area contributed by atoms with Crippen molar-refractivity contribution in [1.29, 1.82) is 0 Å². The first-order chi connectivity index (χ1) is 6.45. The molecule has 77 valence electrons. The van der Waals surface area contributed by atoms with Crippen LogP contribution in [0.5, 0.6) is 0 Å². The first-order valence-electron chi connectivity index (χ1n) is 4.15. The highest BCUT2D eigenvalue weighted by atomic mass is 32.2. The van der Waals surface area contributed by atoms with Gasteiger partial charge in [0.1, 0.15) is 0 Å². The molecule has 2 N–H and O–H groups in total. The molecule has 1 aromatic carbocycles. The second kappa shape index (κ2) is 4.08. The monoisotopic (exact) mass is 214 g/mol. The molecule has 1 aromatic rings. The van der Waals surface area contributed by atoms with E-state index in [1.54, 1.807) is 19.1 Å². The van der Waals surface area contributed by atoms with Gasteiger partial charge in [0.25, 0.3) is 0 Å². The summed E-state index contributed by atoms with van der Waals surface area (Å²) >= 11 is 0. The molecule has 5 heteroatoms. The number of hydrogen-bond donors (Lipinski definition) is 1. The Kier molecular flexibility index (Phi) is 3.25. The molecule has 0 aromatic heterocycles. The van der Waals surface area contributed by atoms with Crippen molar-refractivity contribution in [3.8, 4) is 0 Å². The standard InChI is InChI=1S/C9H12NO3S/c1-7-6-8(4-5-11)2-3-9(7)14(10,12)13/h2-3,6H,4-5H2,1H3,(H2,10,12,13). The van der Waals surface area contributed by atoms with Crippen LogP contribution < -0.4 is 5.14 Å². The van der Waals surface area contributed by atoms with Gasteiger partial charge in [-0.05, 0) is 30.5 Å². The Morgan fingerprint density at radius 3 is 2.43 bits per heavy atom. The third-order valence-corrected chi connectivity index (χ3v) is 3.01. The van der Waals surface area contributed by atoms with E-state index in [4.69, 9.17) is 5.14 Å². The molecule has 4 nitrogen and oxygen atoms in total. The summed E-state index contributed by atoms with van der Waals surface area (Å²) < 4.78 is 22.1. The molecule has 0 heterocycles. The minimum atomic E-state index is -3.64. The predicted molar refractivity (Wildman–Crippen MR) is 51.8 cm³/mol. The molecule has 0 unspecified atom stereocenters. The number of aryl methyl sites for hydroxylation is 1. The van der Waals surface area contributed by atoms with Crippen LogP contribution in [0.15, 0.2) is 23.1 Å². The van der Waals surface area contributed by atoms with Crippen molar-refractivity contribution in [3.05, 3.63) is 29.3 Å². The Hall–Kier alpha value is -0.910. The third-order valence-electron chi connectivity index (χ3n) is 1.94. The van der Waals surface area contributed by atoms with Gasteiger partial charge in [-0.2, -0.15) is 0 Å². The van der Waals surface area contributed by atoms with Crippen molar-refractivity contribution < 1.29 is 13.5 Å². The molecule has 0 amide bonds. The van der Waals surface area contributed by atoms with E-state index < -0.39 is 10.0 Å². The van der Waals surface area contributed by atoms with Gasteiger partial charge in [-0.1, -0.05) is 12.1 Å². The molecular weight excluding hydrogens is 202 g/mol. The molecule has 14 heavy (non-hydrogen) atoms. The number of sulfonamides is 1. The van der Waals surface area contributed by atoms with Gasteiger partial charge in [0, 0.05) is 0 Å². The van der Waals surface area contributed by atoms with E-state index in [1.165, 1.54) is 6.07 Å². The van der Waals surface area contributed by atoms with Gasteiger partial charge in [0.15, 0.2) is 0 Å². The Bertz CT molecular complexity index is 426. The molecule has 0 atom stereocenters. The van der Waals surface area contributed by atoms with Gasteiger partial charge in [0.05, 0.1) is 11.5 Å². The lowest BCUT2D eigenvalue weighted by molar-refractivity contribution is 0.197. The lowest BCUT2D eigenvalue weighted by Crippen LogP contribution is -2.13. The first kappa shape index (κ1) is 11.2. The topological polar surface area (TPSA) is 80.1 Å². The molecule has 0 spiro atoms. The van der Waals surface area contributed by atoms with Crippen LogP contribution in [-0.2, 0) is 21.6 Å². The second-order valence-corrected chi connectivity index (χ2v) is 4.63. The van der Waals surface area contributed by atoms with Crippen LogP contribution in [0, 0.1) is 6.92 Å². The predicted octanol–water partition coefficient (Wildman–Crippen LogP) is 0.615. The fourth-order valence-electron chi connectivity index (χ4n) is 1.30. The summed E-state index contributed by atoms with van der Waals surface area (Å²) in [5.74, 6) is 0. The lowest BCUT2D eigenvalue weighted by atomic mass is 10.1. The smallest absolute Gasteiger partial charge is 0.236 e. The largest absolute Gasteiger partial charge is 0.238 e. The zero-order chi connectivity index (χ0) is 10.8. The molecule has 1 radical (unpaired) electrons. The molecule has 0 saturated heterocycles. The van der Waals surface area contributed by atoms with E-state index in [9.17, 15) is 13.5 Å². The van der Waals surface area contributed by atoms with Crippen LogP contribution in [0.1, 0.15) is 11.1 Å². The van der Waals surface area contributed by atoms with Crippen molar-refractivity contribution in [2.45, 2.75) is 18.2 Å². The maximum Gasteiger partial charge on any atom is 0.238 e. The fraction of sp³-hybridized carbons (Fsp3) is 0.333. The molecular formula is C9H12NO3S. The summed E-state index contributed by atoms with van der Waals surface area (Å²) in [5, 5.41) is 15.3. The van der Waals surface area contributed by atoms with Crippen molar-refractivity contribution >= 4 is 10.0 Å². The number of hydrogen-bond acceptors (Lipinski definition) is 2. The molecule has 0 aliphatic rings. The number of primary sulfonamides is 1. The van der Waals surface area contributed by atoms with Gasteiger partial charge < -0.3 is 0 Å². The lowest BCUT2D eigenvalue weighted by Gasteiger charge is -2.05. The molecule has 0 aliphatic heterocycles.